The predicted octanol–water partition coefficient (Wildman–Crippen LogP) is 1.47. The van der Waals surface area contributed by atoms with Crippen LogP contribution in [-0.2, 0) is 17.6 Å². The van der Waals surface area contributed by atoms with Crippen LogP contribution in [-0.4, -0.2) is 30.9 Å². The standard InChI is InChI=1S/C10H8N4O2S2/c15-9(16)5-8-13-14-7(11-12-10(14)18-8)4-6-2-1-3-17-6/h1-3H,4-5H2,(H,15,16). The third-order valence-electron chi connectivity index (χ3n) is 2.31. The Hall–Kier alpha value is -1.80. The molecule has 0 aliphatic rings. The lowest BCUT2D eigenvalue weighted by molar-refractivity contribution is -0.136. The van der Waals surface area contributed by atoms with Crippen molar-refractivity contribution in [2.24, 2.45) is 0 Å². The molecule has 0 unspecified atom stereocenters. The van der Waals surface area contributed by atoms with E-state index in [9.17, 15) is 4.79 Å². The van der Waals surface area contributed by atoms with Crippen LogP contribution in [0.15, 0.2) is 17.5 Å². The van der Waals surface area contributed by atoms with Gasteiger partial charge in [0.25, 0.3) is 0 Å². The number of thiophene rings is 1. The van der Waals surface area contributed by atoms with Crippen molar-refractivity contribution in [1.29, 1.82) is 0 Å². The van der Waals surface area contributed by atoms with E-state index < -0.39 is 5.97 Å². The fraction of sp³-hybridized carbons (Fsp3) is 0.200. The molecule has 0 saturated carbocycles. The molecule has 3 rings (SSSR count). The molecule has 0 aliphatic carbocycles. The van der Waals surface area contributed by atoms with Crippen molar-refractivity contribution >= 4 is 33.6 Å². The molecule has 6 nitrogen and oxygen atoms in total. The molecule has 0 bridgehead atoms. The minimum atomic E-state index is -0.889. The molecule has 1 N–H and O–H groups in total. The Morgan fingerprint density at radius 1 is 1.44 bits per heavy atom. The maximum atomic E-state index is 10.6. The lowest BCUT2D eigenvalue weighted by Gasteiger charge is -1.92. The molecule has 0 atom stereocenters. The number of carboxylic acid groups (broad SMARTS) is 1. The SMILES string of the molecule is O=C(O)Cc1nn2c(Cc3cccs3)nnc2s1. The van der Waals surface area contributed by atoms with Crippen LogP contribution < -0.4 is 0 Å². The maximum Gasteiger partial charge on any atom is 0.310 e. The zero-order valence-corrected chi connectivity index (χ0v) is 10.7. The van der Waals surface area contributed by atoms with Crippen molar-refractivity contribution in [3.8, 4) is 0 Å². The lowest BCUT2D eigenvalue weighted by Crippen LogP contribution is -2.02. The van der Waals surface area contributed by atoms with E-state index in [1.54, 1.807) is 15.9 Å². The normalized spacial score (nSPS) is 11.1. The Kier molecular flexibility index (Phi) is 2.80. The Balaban J connectivity index is 1.93. The zero-order chi connectivity index (χ0) is 12.5. The van der Waals surface area contributed by atoms with Gasteiger partial charge in [0.15, 0.2) is 5.82 Å². The average Bonchev–Trinajstić information content (AvgIpc) is 2.97. The molecular formula is C10H8N4O2S2. The fourth-order valence-corrected chi connectivity index (χ4v) is 3.12. The minimum Gasteiger partial charge on any atom is -0.481 e. The third-order valence-corrected chi connectivity index (χ3v) is 4.09. The van der Waals surface area contributed by atoms with Gasteiger partial charge in [-0.2, -0.15) is 9.61 Å². The Morgan fingerprint density at radius 2 is 2.33 bits per heavy atom. The second-order valence-electron chi connectivity index (χ2n) is 3.63. The smallest absolute Gasteiger partial charge is 0.310 e. The summed E-state index contributed by atoms with van der Waals surface area (Å²) in [5.41, 5.74) is 0. The van der Waals surface area contributed by atoms with Crippen molar-refractivity contribution < 1.29 is 9.90 Å². The van der Waals surface area contributed by atoms with Crippen molar-refractivity contribution in [3.63, 3.8) is 0 Å². The van der Waals surface area contributed by atoms with E-state index in [2.05, 4.69) is 15.3 Å². The first-order chi connectivity index (χ1) is 8.72. The number of fused-ring (bicyclic) bond motifs is 1. The van der Waals surface area contributed by atoms with Crippen LogP contribution in [0.5, 0.6) is 0 Å². The number of aliphatic carboxylic acids is 1. The number of carboxylic acids is 1. The van der Waals surface area contributed by atoms with E-state index in [0.29, 0.717) is 16.4 Å². The topological polar surface area (TPSA) is 80.4 Å². The molecule has 18 heavy (non-hydrogen) atoms. The molecule has 0 aliphatic heterocycles. The van der Waals surface area contributed by atoms with E-state index in [0.717, 1.165) is 5.82 Å². The molecule has 0 fully saturated rings. The van der Waals surface area contributed by atoms with E-state index in [-0.39, 0.29) is 6.42 Å². The van der Waals surface area contributed by atoms with Gasteiger partial charge in [-0.1, -0.05) is 17.4 Å². The second kappa shape index (κ2) is 4.46. The summed E-state index contributed by atoms with van der Waals surface area (Å²) < 4.78 is 1.63. The number of hydrogen-bond acceptors (Lipinski definition) is 6. The summed E-state index contributed by atoms with van der Waals surface area (Å²) in [5.74, 6) is -0.153. The van der Waals surface area contributed by atoms with Crippen LogP contribution >= 0.6 is 22.7 Å². The summed E-state index contributed by atoms with van der Waals surface area (Å²) in [5, 5.41) is 23.6. The molecule has 0 aromatic carbocycles. The molecule has 0 saturated heterocycles. The number of nitrogens with zero attached hydrogens (tertiary/aromatic N) is 4. The van der Waals surface area contributed by atoms with Crippen molar-refractivity contribution in [2.45, 2.75) is 12.8 Å². The number of carbonyl (C=O) groups is 1. The van der Waals surface area contributed by atoms with Crippen molar-refractivity contribution in [3.05, 3.63) is 33.2 Å². The molecule has 3 aromatic rings. The van der Waals surface area contributed by atoms with Crippen LogP contribution in [0.25, 0.3) is 4.96 Å². The molecule has 3 aromatic heterocycles. The predicted molar refractivity (Wildman–Crippen MR) is 67.1 cm³/mol. The summed E-state index contributed by atoms with van der Waals surface area (Å²) in [6.07, 6.45) is 0.585. The highest BCUT2D eigenvalue weighted by Gasteiger charge is 2.14. The molecule has 0 spiro atoms. The van der Waals surface area contributed by atoms with Gasteiger partial charge >= 0.3 is 5.97 Å². The van der Waals surface area contributed by atoms with Gasteiger partial charge in [0.05, 0.1) is 6.42 Å². The average molecular weight is 280 g/mol. The quantitative estimate of drug-likeness (QED) is 0.782. The molecule has 8 heteroatoms. The van der Waals surface area contributed by atoms with Gasteiger partial charge in [0.1, 0.15) is 5.01 Å². The van der Waals surface area contributed by atoms with Crippen LogP contribution in [0.2, 0.25) is 0 Å². The Bertz CT molecular complexity index is 686. The Morgan fingerprint density at radius 3 is 3.06 bits per heavy atom. The van der Waals surface area contributed by atoms with Crippen LogP contribution in [0.4, 0.5) is 0 Å². The summed E-state index contributed by atoms with van der Waals surface area (Å²) in [6, 6.07) is 4.01. The third kappa shape index (κ3) is 2.12. The van der Waals surface area contributed by atoms with E-state index >= 15 is 0 Å². The molecule has 0 radical (unpaired) electrons. The highest BCUT2D eigenvalue weighted by Crippen LogP contribution is 2.18. The van der Waals surface area contributed by atoms with Gasteiger partial charge in [-0.05, 0) is 11.4 Å². The van der Waals surface area contributed by atoms with Gasteiger partial charge in [0.2, 0.25) is 4.96 Å². The van der Waals surface area contributed by atoms with Gasteiger partial charge in [-0.15, -0.1) is 21.5 Å². The van der Waals surface area contributed by atoms with Crippen LogP contribution in [0, 0.1) is 0 Å². The van der Waals surface area contributed by atoms with E-state index in [1.807, 2.05) is 17.5 Å². The molecule has 92 valence electrons. The summed E-state index contributed by atoms with van der Waals surface area (Å²) in [4.78, 5) is 12.4. The highest BCUT2D eigenvalue weighted by molar-refractivity contribution is 7.16. The first-order valence-corrected chi connectivity index (χ1v) is 6.86. The molecule has 3 heterocycles. The maximum absolute atomic E-state index is 10.6. The largest absolute Gasteiger partial charge is 0.481 e. The van der Waals surface area contributed by atoms with Crippen LogP contribution in [0.1, 0.15) is 15.7 Å². The number of hydrogen-bond donors (Lipinski definition) is 1. The summed E-state index contributed by atoms with van der Waals surface area (Å²) in [7, 11) is 0. The van der Waals surface area contributed by atoms with Gasteiger partial charge in [0, 0.05) is 11.3 Å². The first-order valence-electron chi connectivity index (χ1n) is 5.16. The zero-order valence-electron chi connectivity index (χ0n) is 9.11. The Labute approximate surface area is 110 Å². The van der Waals surface area contributed by atoms with Crippen molar-refractivity contribution in [1.82, 2.24) is 19.8 Å². The highest BCUT2D eigenvalue weighted by atomic mass is 32.1. The summed E-state index contributed by atoms with van der Waals surface area (Å²) in [6.45, 7) is 0. The lowest BCUT2D eigenvalue weighted by atomic mass is 10.3. The summed E-state index contributed by atoms with van der Waals surface area (Å²) >= 11 is 2.91. The van der Waals surface area contributed by atoms with Gasteiger partial charge in [-0.3, -0.25) is 4.79 Å². The van der Waals surface area contributed by atoms with Gasteiger partial charge < -0.3 is 5.11 Å². The molecule has 0 amide bonds. The molecular weight excluding hydrogens is 272 g/mol. The van der Waals surface area contributed by atoms with E-state index in [1.165, 1.54) is 16.2 Å². The second-order valence-corrected chi connectivity index (χ2v) is 5.71. The van der Waals surface area contributed by atoms with E-state index in [4.69, 9.17) is 5.11 Å². The van der Waals surface area contributed by atoms with Gasteiger partial charge in [-0.25, -0.2) is 0 Å². The van der Waals surface area contributed by atoms with Crippen molar-refractivity contribution in [2.75, 3.05) is 0 Å². The minimum absolute atomic E-state index is 0.0769. The first kappa shape index (κ1) is 11.3. The monoisotopic (exact) mass is 280 g/mol. The van der Waals surface area contributed by atoms with Crippen LogP contribution in [0.3, 0.4) is 0 Å². The number of rotatable bonds is 4. The number of aromatic nitrogens is 4. The fourth-order valence-electron chi connectivity index (χ4n) is 1.58.